The van der Waals surface area contributed by atoms with Crippen molar-refractivity contribution in [3.8, 4) is 0 Å². The summed E-state index contributed by atoms with van der Waals surface area (Å²) in [4.78, 5) is 27.0. The van der Waals surface area contributed by atoms with E-state index >= 15 is 0 Å². The normalized spacial score (nSPS) is 9.67. The molecule has 0 aliphatic carbocycles. The number of nitrogen functional groups attached to an aromatic ring is 1. The fraction of sp³-hybridized carbons (Fsp3) is 0.143. The quantitative estimate of drug-likeness (QED) is 0.498. The predicted molar refractivity (Wildman–Crippen MR) is 48.1 cm³/mol. The molecule has 0 spiro atoms. The molecule has 0 aliphatic heterocycles. The van der Waals surface area contributed by atoms with Crippen LogP contribution in [0.5, 0.6) is 0 Å². The van der Waals surface area contributed by atoms with E-state index in [1.807, 2.05) is 0 Å². The monoisotopic (exact) mass is 217 g/mol. The number of carbonyl (C=O) groups is 1. The first-order valence-electron chi connectivity index (χ1n) is 3.81. The summed E-state index contributed by atoms with van der Waals surface area (Å²) < 4.78 is 1.15. The van der Waals surface area contributed by atoms with Crippen LogP contribution in [0, 0.1) is 0 Å². The molecule has 0 atom stereocenters. The Labute approximate surface area is 108 Å². The first-order chi connectivity index (χ1) is 6.68. The summed E-state index contributed by atoms with van der Waals surface area (Å²) in [7, 11) is 0. The summed E-state index contributed by atoms with van der Waals surface area (Å²) in [5.41, 5.74) is 6.31. The molecule has 0 radical (unpaired) electrons. The van der Waals surface area contributed by atoms with E-state index in [0.29, 0.717) is 11.2 Å². The van der Waals surface area contributed by atoms with Crippen LogP contribution < -0.4 is 40.1 Å². The molecule has 7 nitrogen and oxygen atoms in total. The maximum Gasteiger partial charge on any atom is 1.00 e. The SMILES string of the molecule is CC(=O)On1cnc2c(N)ncnc21.[H-].[Na+]. The van der Waals surface area contributed by atoms with E-state index in [9.17, 15) is 4.79 Å². The molecule has 2 aromatic heterocycles. The molecule has 2 heterocycles. The van der Waals surface area contributed by atoms with Gasteiger partial charge in [-0.25, -0.2) is 19.7 Å². The van der Waals surface area contributed by atoms with E-state index in [1.165, 1.54) is 19.6 Å². The Hall–Kier alpha value is -1.18. The second kappa shape index (κ2) is 4.56. The van der Waals surface area contributed by atoms with Gasteiger partial charge in [-0.15, -0.1) is 4.73 Å². The second-order valence-electron chi connectivity index (χ2n) is 2.58. The molecule has 0 unspecified atom stereocenters. The molecule has 0 amide bonds. The molecule has 8 heteroatoms. The summed E-state index contributed by atoms with van der Waals surface area (Å²) in [5.74, 6) is -0.206. The van der Waals surface area contributed by atoms with Gasteiger partial charge in [-0.1, -0.05) is 0 Å². The van der Waals surface area contributed by atoms with Crippen molar-refractivity contribution in [1.82, 2.24) is 19.7 Å². The van der Waals surface area contributed by atoms with E-state index in [4.69, 9.17) is 10.6 Å². The van der Waals surface area contributed by atoms with Crippen molar-refractivity contribution in [3.05, 3.63) is 12.7 Å². The van der Waals surface area contributed by atoms with Crippen molar-refractivity contribution in [3.63, 3.8) is 0 Å². The maximum atomic E-state index is 10.7. The van der Waals surface area contributed by atoms with Crippen LogP contribution in [0.15, 0.2) is 12.7 Å². The third-order valence-electron chi connectivity index (χ3n) is 1.56. The van der Waals surface area contributed by atoms with E-state index in [1.54, 1.807) is 0 Å². The second-order valence-corrected chi connectivity index (χ2v) is 2.58. The molecular formula is C7H8N5NaO2. The minimum absolute atomic E-state index is 0. The van der Waals surface area contributed by atoms with Crippen molar-refractivity contribution in [2.75, 3.05) is 5.73 Å². The Balaban J connectivity index is 0.00000112. The molecular weight excluding hydrogens is 209 g/mol. The average molecular weight is 217 g/mol. The van der Waals surface area contributed by atoms with Gasteiger partial charge in [0, 0.05) is 6.92 Å². The molecule has 2 aromatic rings. The van der Waals surface area contributed by atoms with Gasteiger partial charge in [0.15, 0.2) is 11.3 Å². The van der Waals surface area contributed by atoms with Gasteiger partial charge >= 0.3 is 35.5 Å². The van der Waals surface area contributed by atoms with Gasteiger partial charge in [-0.2, -0.15) is 0 Å². The Morgan fingerprint density at radius 1 is 1.53 bits per heavy atom. The number of hydrogen-bond donors (Lipinski definition) is 1. The van der Waals surface area contributed by atoms with Gasteiger partial charge in [0.25, 0.3) is 0 Å². The minimum atomic E-state index is -0.457. The molecule has 0 aliphatic rings. The number of nitrogens with zero attached hydrogens (tertiary/aromatic N) is 4. The molecule has 0 saturated heterocycles. The van der Waals surface area contributed by atoms with Crippen LogP contribution in [0.3, 0.4) is 0 Å². The van der Waals surface area contributed by atoms with Crippen LogP contribution >= 0.6 is 0 Å². The molecule has 0 aromatic carbocycles. The van der Waals surface area contributed by atoms with Gasteiger partial charge in [0.2, 0.25) is 5.65 Å². The Morgan fingerprint density at radius 2 is 2.27 bits per heavy atom. The number of anilines is 1. The van der Waals surface area contributed by atoms with Crippen molar-refractivity contribution in [1.29, 1.82) is 0 Å². The predicted octanol–water partition coefficient (Wildman–Crippen LogP) is -3.50. The Bertz CT molecular complexity index is 502. The summed E-state index contributed by atoms with van der Waals surface area (Å²) in [5, 5.41) is 0. The number of fused-ring (bicyclic) bond motifs is 1. The van der Waals surface area contributed by atoms with Crippen molar-refractivity contribution >= 4 is 23.0 Å². The average Bonchev–Trinajstić information content (AvgIpc) is 2.49. The first kappa shape index (κ1) is 11.9. The van der Waals surface area contributed by atoms with Crippen LogP contribution in [0.4, 0.5) is 5.82 Å². The summed E-state index contributed by atoms with van der Waals surface area (Å²) >= 11 is 0. The van der Waals surface area contributed by atoms with Gasteiger partial charge in [-0.05, 0) is 0 Å². The maximum absolute atomic E-state index is 10.7. The van der Waals surface area contributed by atoms with Gasteiger partial charge in [0.1, 0.15) is 12.7 Å². The summed E-state index contributed by atoms with van der Waals surface area (Å²) in [6, 6.07) is 0. The summed E-state index contributed by atoms with van der Waals surface area (Å²) in [6.07, 6.45) is 2.59. The molecule has 0 fully saturated rings. The van der Waals surface area contributed by atoms with Gasteiger partial charge < -0.3 is 12.0 Å². The summed E-state index contributed by atoms with van der Waals surface area (Å²) in [6.45, 7) is 1.29. The topological polar surface area (TPSA) is 95.9 Å². The van der Waals surface area contributed by atoms with Gasteiger partial charge in [0.05, 0.1) is 0 Å². The Morgan fingerprint density at radius 3 is 2.93 bits per heavy atom. The van der Waals surface area contributed by atoms with Crippen molar-refractivity contribution in [2.45, 2.75) is 6.92 Å². The minimum Gasteiger partial charge on any atom is -1.00 e. The zero-order chi connectivity index (χ0) is 10.1. The molecule has 0 bridgehead atoms. The fourth-order valence-electron chi connectivity index (χ4n) is 1.04. The van der Waals surface area contributed by atoms with Crippen molar-refractivity contribution < 1.29 is 40.6 Å². The molecule has 15 heavy (non-hydrogen) atoms. The first-order valence-corrected chi connectivity index (χ1v) is 3.81. The zero-order valence-corrected chi connectivity index (χ0v) is 10.3. The number of carbonyl (C=O) groups excluding carboxylic acids is 1. The smallest absolute Gasteiger partial charge is 1.00 e. The molecule has 2 N–H and O–H groups in total. The third-order valence-corrected chi connectivity index (χ3v) is 1.56. The number of aromatic nitrogens is 4. The van der Waals surface area contributed by atoms with Crippen molar-refractivity contribution in [2.24, 2.45) is 0 Å². The van der Waals surface area contributed by atoms with Gasteiger partial charge in [-0.3, -0.25) is 0 Å². The molecule has 0 saturated carbocycles. The fourth-order valence-corrected chi connectivity index (χ4v) is 1.04. The van der Waals surface area contributed by atoms with Crippen LogP contribution in [0.2, 0.25) is 0 Å². The molecule has 2 rings (SSSR count). The van der Waals surface area contributed by atoms with E-state index in [-0.39, 0.29) is 36.8 Å². The number of rotatable bonds is 1. The number of hydrogen-bond acceptors (Lipinski definition) is 6. The zero-order valence-electron chi connectivity index (χ0n) is 9.34. The largest absolute Gasteiger partial charge is 1.00 e. The van der Waals surface area contributed by atoms with E-state index < -0.39 is 5.97 Å². The third kappa shape index (κ3) is 2.25. The number of imidazole rings is 1. The van der Waals surface area contributed by atoms with Crippen LogP contribution in [-0.2, 0) is 4.79 Å². The van der Waals surface area contributed by atoms with Crippen LogP contribution in [0.25, 0.3) is 11.2 Å². The van der Waals surface area contributed by atoms with E-state index in [2.05, 4.69) is 15.0 Å². The van der Waals surface area contributed by atoms with E-state index in [0.717, 1.165) is 4.73 Å². The Kier molecular flexibility index (Phi) is 3.61. The van der Waals surface area contributed by atoms with Crippen LogP contribution in [-0.4, -0.2) is 25.7 Å². The standard InChI is InChI=1S/C7H7N5O2.Na.H/c1-4(13)14-12-3-11-5-6(8)9-2-10-7(5)12;;/h2-3H,1H3,(H2,8,9,10);;/q;+1;-1. The molecule has 74 valence electrons. The van der Waals surface area contributed by atoms with Crippen LogP contribution in [0.1, 0.15) is 8.35 Å². The number of nitrogens with two attached hydrogens (primary N) is 1.